The van der Waals surface area contributed by atoms with E-state index in [-0.39, 0.29) is 18.8 Å². The molecule has 230 valence electrons. The van der Waals surface area contributed by atoms with E-state index in [4.69, 9.17) is 18.9 Å². The second-order valence-electron chi connectivity index (χ2n) is 9.28. The van der Waals surface area contributed by atoms with Gasteiger partial charge in [-0.3, -0.25) is 10.6 Å². The van der Waals surface area contributed by atoms with E-state index in [1.54, 1.807) is 78.9 Å². The van der Waals surface area contributed by atoms with Crippen LogP contribution in [0, 0.1) is 0 Å². The first kappa shape index (κ1) is 31.6. The van der Waals surface area contributed by atoms with Crippen molar-refractivity contribution in [3.8, 4) is 0 Å². The summed E-state index contributed by atoms with van der Waals surface area (Å²) in [5.74, 6) is -1.41. The molecule has 1 aliphatic heterocycles. The first-order chi connectivity index (χ1) is 21.3. The van der Waals surface area contributed by atoms with E-state index >= 15 is 0 Å². The zero-order valence-corrected chi connectivity index (χ0v) is 23.2. The molecule has 4 rings (SSSR count). The van der Waals surface area contributed by atoms with Crippen LogP contribution in [0.5, 0.6) is 0 Å². The number of urea groups is 1. The molecule has 3 aromatic rings. The molecule has 14 nitrogen and oxygen atoms in total. The molecule has 1 unspecified atom stereocenters. The van der Waals surface area contributed by atoms with Crippen molar-refractivity contribution in [1.82, 2.24) is 16.0 Å². The second kappa shape index (κ2) is 15.8. The molecule has 0 spiro atoms. The first-order valence-corrected chi connectivity index (χ1v) is 13.4. The predicted octanol–water partition coefficient (Wildman–Crippen LogP) is 2.21. The maximum absolute atomic E-state index is 12.7. The standard InChI is InChI=1S/C30H30N4O10/c35-16-22-23(36)24(44-26(37)21-14-8-3-9-15-21)25(43-22)31-27(33-29(39)41-17-19-10-4-1-5-11-19)32-28(38)34-30(40)42-18-20-12-6-2-7-13-20/h1-15,22-25,35-36H,16-18H2,(H3,31,32,33,34,38,39,40)/t22-,23-,24-,25?/m1/s1. The lowest BCUT2D eigenvalue weighted by molar-refractivity contribution is -0.0195. The summed E-state index contributed by atoms with van der Waals surface area (Å²) >= 11 is 0. The molecule has 1 heterocycles. The Bertz CT molecular complexity index is 1440. The van der Waals surface area contributed by atoms with Crippen LogP contribution in [-0.2, 0) is 32.2 Å². The number of nitrogens with zero attached hydrogens (tertiary/aromatic N) is 1. The minimum Gasteiger partial charge on any atom is -0.451 e. The molecule has 4 amide bonds. The van der Waals surface area contributed by atoms with Gasteiger partial charge in [0, 0.05) is 0 Å². The number of aliphatic hydroxyl groups is 2. The highest BCUT2D eigenvalue weighted by Gasteiger charge is 2.46. The summed E-state index contributed by atoms with van der Waals surface area (Å²) in [6.45, 7) is -0.897. The highest BCUT2D eigenvalue weighted by Crippen LogP contribution is 2.26. The van der Waals surface area contributed by atoms with Crippen LogP contribution in [0.2, 0.25) is 0 Å². The maximum atomic E-state index is 12.7. The van der Waals surface area contributed by atoms with Crippen molar-refractivity contribution >= 4 is 30.1 Å². The van der Waals surface area contributed by atoms with Crippen molar-refractivity contribution in [1.29, 1.82) is 0 Å². The molecule has 0 radical (unpaired) electrons. The molecule has 44 heavy (non-hydrogen) atoms. The highest BCUT2D eigenvalue weighted by molar-refractivity contribution is 6.05. The molecular weight excluding hydrogens is 576 g/mol. The third-order valence-corrected chi connectivity index (χ3v) is 6.10. The van der Waals surface area contributed by atoms with Crippen molar-refractivity contribution in [3.05, 3.63) is 108 Å². The van der Waals surface area contributed by atoms with E-state index in [0.29, 0.717) is 11.1 Å². The lowest BCUT2D eigenvalue weighted by atomic mass is 10.1. The number of carbonyl (C=O) groups excluding carboxylic acids is 4. The largest absolute Gasteiger partial charge is 0.451 e. The monoisotopic (exact) mass is 606 g/mol. The van der Waals surface area contributed by atoms with E-state index < -0.39 is 61.3 Å². The number of hydrogen-bond donors (Lipinski definition) is 5. The number of ether oxygens (including phenoxy) is 4. The number of aliphatic imine (C=N–C) groups is 1. The van der Waals surface area contributed by atoms with Crippen molar-refractivity contribution in [2.24, 2.45) is 4.99 Å². The van der Waals surface area contributed by atoms with Gasteiger partial charge in [-0.25, -0.2) is 29.5 Å². The summed E-state index contributed by atoms with van der Waals surface area (Å²) < 4.78 is 21.2. The van der Waals surface area contributed by atoms with Gasteiger partial charge in [0.05, 0.1) is 12.2 Å². The van der Waals surface area contributed by atoms with Gasteiger partial charge in [0.1, 0.15) is 25.4 Å². The smallest absolute Gasteiger partial charge is 0.415 e. The summed E-state index contributed by atoms with van der Waals surface area (Å²) in [6, 6.07) is 24.2. The topological polar surface area (TPSA) is 194 Å². The van der Waals surface area contributed by atoms with E-state index in [1.165, 1.54) is 12.1 Å². The zero-order chi connectivity index (χ0) is 31.3. The molecule has 0 bridgehead atoms. The molecule has 1 aliphatic rings. The van der Waals surface area contributed by atoms with E-state index in [9.17, 15) is 29.4 Å². The number of esters is 1. The Morgan fingerprint density at radius 3 is 1.82 bits per heavy atom. The highest BCUT2D eigenvalue weighted by atomic mass is 16.6. The number of nitrogens with one attached hydrogen (secondary N) is 3. The normalized spacial score (nSPS) is 19.4. The quantitative estimate of drug-likeness (QED) is 0.110. The lowest BCUT2D eigenvalue weighted by Crippen LogP contribution is -2.50. The fourth-order valence-electron chi connectivity index (χ4n) is 3.94. The van der Waals surface area contributed by atoms with Gasteiger partial charge in [0.25, 0.3) is 0 Å². The average molecular weight is 607 g/mol. The van der Waals surface area contributed by atoms with E-state index in [1.807, 2.05) is 5.32 Å². The van der Waals surface area contributed by atoms with Crippen LogP contribution in [0.4, 0.5) is 14.4 Å². The average Bonchev–Trinajstić information content (AvgIpc) is 3.33. The zero-order valence-electron chi connectivity index (χ0n) is 23.2. The van der Waals surface area contributed by atoms with Gasteiger partial charge < -0.3 is 29.2 Å². The number of amides is 4. The summed E-state index contributed by atoms with van der Waals surface area (Å²) in [5, 5.41) is 26.7. The van der Waals surface area contributed by atoms with Gasteiger partial charge in [0.2, 0.25) is 5.96 Å². The van der Waals surface area contributed by atoms with Crippen LogP contribution >= 0.6 is 0 Å². The molecule has 14 heteroatoms. The number of guanidine groups is 1. The van der Waals surface area contributed by atoms with Gasteiger partial charge in [-0.2, -0.15) is 0 Å². The summed E-state index contributed by atoms with van der Waals surface area (Å²) in [4.78, 5) is 54.2. The number of rotatable bonds is 8. The van der Waals surface area contributed by atoms with Crippen molar-refractivity contribution in [3.63, 3.8) is 0 Å². The third kappa shape index (κ3) is 9.35. The van der Waals surface area contributed by atoms with Gasteiger partial charge in [0.15, 0.2) is 12.3 Å². The Hall–Kier alpha value is -5.31. The van der Waals surface area contributed by atoms with Crippen LogP contribution < -0.4 is 16.0 Å². The molecule has 3 aromatic carbocycles. The Balaban J connectivity index is 1.48. The Labute approximate surface area is 251 Å². The molecule has 5 N–H and O–H groups in total. The summed E-state index contributed by atoms with van der Waals surface area (Å²) in [7, 11) is 0. The number of alkyl carbamates (subject to hydrolysis) is 2. The fraction of sp³-hybridized carbons (Fsp3) is 0.233. The third-order valence-electron chi connectivity index (χ3n) is 6.10. The van der Waals surface area contributed by atoms with Crippen molar-refractivity contribution < 1.29 is 48.3 Å². The van der Waals surface area contributed by atoms with Crippen molar-refractivity contribution in [2.75, 3.05) is 6.61 Å². The molecular formula is C30H30N4O10. The lowest BCUT2D eigenvalue weighted by Gasteiger charge is -2.20. The number of carbonyl (C=O) groups is 4. The molecule has 1 fully saturated rings. The van der Waals surface area contributed by atoms with Gasteiger partial charge in [-0.15, -0.1) is 0 Å². The molecule has 0 saturated carbocycles. The van der Waals surface area contributed by atoms with Crippen LogP contribution in [0.1, 0.15) is 21.5 Å². The van der Waals surface area contributed by atoms with Gasteiger partial charge >= 0.3 is 24.2 Å². The fourth-order valence-corrected chi connectivity index (χ4v) is 3.94. The second-order valence-corrected chi connectivity index (χ2v) is 9.28. The number of imide groups is 1. The van der Waals surface area contributed by atoms with E-state index in [0.717, 1.165) is 0 Å². The molecule has 1 saturated heterocycles. The van der Waals surface area contributed by atoms with Crippen LogP contribution in [0.15, 0.2) is 96.0 Å². The minimum absolute atomic E-state index is 0.115. The summed E-state index contributed by atoms with van der Waals surface area (Å²) in [6.07, 6.45) is -7.85. The maximum Gasteiger partial charge on any atom is 0.415 e. The summed E-state index contributed by atoms with van der Waals surface area (Å²) in [5.41, 5.74) is 1.53. The van der Waals surface area contributed by atoms with Crippen LogP contribution in [0.3, 0.4) is 0 Å². The Morgan fingerprint density at radius 2 is 1.27 bits per heavy atom. The Morgan fingerprint density at radius 1 is 0.750 bits per heavy atom. The molecule has 0 aliphatic carbocycles. The predicted molar refractivity (Wildman–Crippen MR) is 153 cm³/mol. The molecule has 4 atom stereocenters. The number of hydrogen-bond acceptors (Lipinski definition) is 11. The number of aliphatic hydroxyl groups excluding tert-OH is 2. The molecule has 0 aromatic heterocycles. The van der Waals surface area contributed by atoms with Crippen LogP contribution in [0.25, 0.3) is 0 Å². The Kier molecular flexibility index (Phi) is 11.3. The number of benzene rings is 3. The van der Waals surface area contributed by atoms with Gasteiger partial charge in [-0.1, -0.05) is 78.9 Å². The van der Waals surface area contributed by atoms with E-state index in [2.05, 4.69) is 15.6 Å². The van der Waals surface area contributed by atoms with Gasteiger partial charge in [-0.05, 0) is 23.3 Å². The SMILES string of the molecule is O=C(NC(=O)OCc1ccccc1)NC(=NC1O[C@H](CO)[C@@H](O)[C@H]1OC(=O)c1ccccc1)NC(=O)OCc1ccccc1. The first-order valence-electron chi connectivity index (χ1n) is 13.4. The minimum atomic E-state index is -1.52. The van der Waals surface area contributed by atoms with Crippen molar-refractivity contribution in [2.45, 2.75) is 37.8 Å². The van der Waals surface area contributed by atoms with Crippen LogP contribution in [-0.4, -0.2) is 71.5 Å².